The fourth-order valence-corrected chi connectivity index (χ4v) is 6.80. The zero-order valence-electron chi connectivity index (χ0n) is 14.0. The summed E-state index contributed by atoms with van der Waals surface area (Å²) >= 11 is 11.7. The summed E-state index contributed by atoms with van der Waals surface area (Å²) in [5, 5.41) is -0.270. The first-order chi connectivity index (χ1) is 12.5. The summed E-state index contributed by atoms with van der Waals surface area (Å²) in [4.78, 5) is -1.92. The van der Waals surface area contributed by atoms with E-state index in [9.17, 15) is 25.6 Å². The SMILES string of the molecule is CCCCN(S(=O)(=O)c1cc(Cl)ccc1Cl)S(=O)(=O)c1c(F)cccc1F. The first-order valence-electron chi connectivity index (χ1n) is 7.70. The lowest BCUT2D eigenvalue weighted by atomic mass is 10.3. The Bertz CT molecular complexity index is 1040. The van der Waals surface area contributed by atoms with Gasteiger partial charge in [-0.1, -0.05) is 46.3 Å². The van der Waals surface area contributed by atoms with Gasteiger partial charge in [-0.3, -0.25) is 0 Å². The van der Waals surface area contributed by atoms with Crippen molar-refractivity contribution in [1.29, 1.82) is 0 Å². The minimum absolute atomic E-state index is 0.00267. The van der Waals surface area contributed by atoms with E-state index >= 15 is 0 Å². The molecule has 148 valence electrons. The maximum absolute atomic E-state index is 14.1. The van der Waals surface area contributed by atoms with Crippen LogP contribution in [0.5, 0.6) is 0 Å². The van der Waals surface area contributed by atoms with Gasteiger partial charge in [0.2, 0.25) is 0 Å². The van der Waals surface area contributed by atoms with E-state index in [1.54, 1.807) is 6.92 Å². The third kappa shape index (κ3) is 4.43. The molecule has 2 aromatic rings. The van der Waals surface area contributed by atoms with Gasteiger partial charge in [-0.25, -0.2) is 25.6 Å². The summed E-state index contributed by atoms with van der Waals surface area (Å²) in [6.07, 6.45) is 0.567. The zero-order valence-corrected chi connectivity index (χ0v) is 17.1. The molecule has 11 heteroatoms. The van der Waals surface area contributed by atoms with Gasteiger partial charge in [-0.2, -0.15) is 0 Å². The number of halogens is 4. The topological polar surface area (TPSA) is 71.5 Å². The van der Waals surface area contributed by atoms with Crippen molar-refractivity contribution >= 4 is 43.2 Å². The predicted molar refractivity (Wildman–Crippen MR) is 98.8 cm³/mol. The van der Waals surface area contributed by atoms with E-state index in [1.165, 1.54) is 12.1 Å². The number of nitrogens with zero attached hydrogens (tertiary/aromatic N) is 1. The van der Waals surface area contributed by atoms with Crippen molar-refractivity contribution in [3.8, 4) is 0 Å². The Morgan fingerprint density at radius 1 is 0.963 bits per heavy atom. The van der Waals surface area contributed by atoms with Gasteiger partial charge in [0.1, 0.15) is 16.5 Å². The summed E-state index contributed by atoms with van der Waals surface area (Å²) < 4.78 is 80.0. The van der Waals surface area contributed by atoms with E-state index in [-0.39, 0.29) is 20.2 Å². The van der Waals surface area contributed by atoms with Crippen LogP contribution in [-0.2, 0) is 20.0 Å². The summed E-state index contributed by atoms with van der Waals surface area (Å²) in [7, 11) is -9.85. The summed E-state index contributed by atoms with van der Waals surface area (Å²) in [5.74, 6) is -2.80. The maximum Gasteiger partial charge on any atom is 0.262 e. The van der Waals surface area contributed by atoms with Crippen molar-refractivity contribution in [3.63, 3.8) is 0 Å². The molecule has 0 aliphatic carbocycles. The molecule has 0 N–H and O–H groups in total. The molecule has 2 rings (SSSR count). The van der Waals surface area contributed by atoms with Gasteiger partial charge in [-0.15, -0.1) is 0 Å². The van der Waals surface area contributed by atoms with Crippen molar-refractivity contribution < 1.29 is 25.6 Å². The van der Waals surface area contributed by atoms with Crippen LogP contribution < -0.4 is 0 Å². The Balaban J connectivity index is 2.73. The molecule has 0 bridgehead atoms. The lowest BCUT2D eigenvalue weighted by Gasteiger charge is -2.23. The van der Waals surface area contributed by atoms with Crippen LogP contribution in [0.2, 0.25) is 10.0 Å². The molecule has 0 saturated carbocycles. The molecular weight excluding hydrogens is 443 g/mol. The van der Waals surface area contributed by atoms with Crippen LogP contribution in [0, 0.1) is 11.6 Å². The summed E-state index contributed by atoms with van der Waals surface area (Å²) in [6, 6.07) is 5.92. The van der Waals surface area contributed by atoms with E-state index in [4.69, 9.17) is 23.2 Å². The fraction of sp³-hybridized carbons (Fsp3) is 0.250. The monoisotopic (exact) mass is 457 g/mol. The zero-order chi connectivity index (χ0) is 20.4. The Kier molecular flexibility index (Phi) is 6.86. The Hall–Kier alpha value is -1.26. The molecule has 0 aliphatic heterocycles. The van der Waals surface area contributed by atoms with E-state index in [0.29, 0.717) is 6.42 Å². The molecule has 0 fully saturated rings. The number of rotatable bonds is 7. The minimum atomic E-state index is -5.08. The number of hydrogen-bond acceptors (Lipinski definition) is 4. The maximum atomic E-state index is 14.1. The lowest BCUT2D eigenvalue weighted by molar-refractivity contribution is 0.471. The van der Waals surface area contributed by atoms with Gasteiger partial charge >= 0.3 is 0 Å². The second-order valence-electron chi connectivity index (χ2n) is 5.49. The van der Waals surface area contributed by atoms with Gasteiger partial charge < -0.3 is 0 Å². The first kappa shape index (κ1) is 22.0. The second-order valence-corrected chi connectivity index (χ2v) is 10.2. The molecule has 0 atom stereocenters. The molecule has 0 radical (unpaired) electrons. The van der Waals surface area contributed by atoms with Crippen molar-refractivity contribution in [3.05, 3.63) is 58.1 Å². The van der Waals surface area contributed by atoms with E-state index < -0.39 is 48.0 Å². The van der Waals surface area contributed by atoms with Crippen LogP contribution in [0.1, 0.15) is 19.8 Å². The number of unbranched alkanes of at least 4 members (excludes halogenated alkanes) is 1. The van der Waals surface area contributed by atoms with E-state index in [1.807, 2.05) is 0 Å². The van der Waals surface area contributed by atoms with Crippen molar-refractivity contribution in [2.45, 2.75) is 29.6 Å². The molecule has 0 saturated heterocycles. The summed E-state index contributed by atoms with van der Waals surface area (Å²) in [6.45, 7) is 1.19. The van der Waals surface area contributed by atoms with E-state index in [0.717, 1.165) is 24.3 Å². The van der Waals surface area contributed by atoms with Crippen molar-refractivity contribution in [1.82, 2.24) is 3.71 Å². The van der Waals surface area contributed by atoms with Crippen LogP contribution >= 0.6 is 23.2 Å². The smallest absolute Gasteiger partial charge is 0.206 e. The molecule has 0 heterocycles. The van der Waals surface area contributed by atoms with Gasteiger partial charge in [0.15, 0.2) is 4.90 Å². The normalized spacial score (nSPS) is 12.5. The molecular formula is C16H15Cl2F2NO4S2. The third-order valence-corrected chi connectivity index (χ3v) is 8.67. The van der Waals surface area contributed by atoms with Gasteiger partial charge in [0.05, 0.1) is 5.02 Å². The molecule has 5 nitrogen and oxygen atoms in total. The Morgan fingerprint density at radius 3 is 2.11 bits per heavy atom. The predicted octanol–water partition coefficient (Wildman–Crippen LogP) is 4.45. The van der Waals surface area contributed by atoms with Crippen molar-refractivity contribution in [2.24, 2.45) is 0 Å². The quantitative estimate of drug-likeness (QED) is 0.615. The molecule has 0 spiro atoms. The minimum Gasteiger partial charge on any atom is -0.206 e. The van der Waals surface area contributed by atoms with Gasteiger partial charge in [0, 0.05) is 11.6 Å². The second kappa shape index (κ2) is 8.40. The lowest BCUT2D eigenvalue weighted by Crippen LogP contribution is -2.38. The summed E-state index contributed by atoms with van der Waals surface area (Å²) in [5.41, 5.74) is 0. The average molecular weight is 458 g/mol. The molecule has 0 aliphatic rings. The number of hydrogen-bond donors (Lipinski definition) is 0. The third-order valence-electron chi connectivity index (χ3n) is 3.58. The highest BCUT2D eigenvalue weighted by atomic mass is 35.5. The fourth-order valence-electron chi connectivity index (χ4n) is 2.27. The Labute approximate surface area is 166 Å². The largest absolute Gasteiger partial charge is 0.262 e. The average Bonchev–Trinajstić information content (AvgIpc) is 2.56. The molecule has 0 aromatic heterocycles. The highest BCUT2D eigenvalue weighted by molar-refractivity contribution is 8.04. The first-order valence-corrected chi connectivity index (χ1v) is 11.3. The number of sulfonamides is 2. The van der Waals surface area contributed by atoms with Crippen molar-refractivity contribution in [2.75, 3.05) is 6.54 Å². The van der Waals surface area contributed by atoms with Gasteiger partial charge in [-0.05, 0) is 36.8 Å². The molecule has 0 amide bonds. The molecule has 0 unspecified atom stereocenters. The number of benzene rings is 2. The highest BCUT2D eigenvalue weighted by Gasteiger charge is 2.40. The van der Waals surface area contributed by atoms with Crippen LogP contribution in [-0.4, -0.2) is 27.1 Å². The highest BCUT2D eigenvalue weighted by Crippen LogP contribution is 2.32. The van der Waals surface area contributed by atoms with Crippen LogP contribution in [0.4, 0.5) is 8.78 Å². The Morgan fingerprint density at radius 2 is 1.56 bits per heavy atom. The van der Waals surface area contributed by atoms with E-state index in [2.05, 4.69) is 0 Å². The van der Waals surface area contributed by atoms with Crippen LogP contribution in [0.15, 0.2) is 46.2 Å². The molecule has 2 aromatic carbocycles. The van der Waals surface area contributed by atoms with Gasteiger partial charge in [0.25, 0.3) is 20.0 Å². The molecule has 27 heavy (non-hydrogen) atoms. The van der Waals surface area contributed by atoms with Crippen LogP contribution in [0.3, 0.4) is 0 Å². The van der Waals surface area contributed by atoms with Crippen LogP contribution in [0.25, 0.3) is 0 Å². The standard InChI is InChI=1S/C16H15Cl2F2NO4S2/c1-2-3-9-21(26(22,23)15-10-11(17)7-8-12(15)18)27(24,25)16-13(19)5-4-6-14(16)20/h4-8,10H,2-3,9H2,1H3.